The molecule has 0 radical (unpaired) electrons. The number of ether oxygens (including phenoxy) is 2. The van der Waals surface area contributed by atoms with Gasteiger partial charge in [0.15, 0.2) is 21.3 Å². The molecule has 0 fully saturated rings. The highest BCUT2D eigenvalue weighted by Gasteiger charge is 2.18. The van der Waals surface area contributed by atoms with E-state index in [9.17, 15) is 23.3 Å². The molecule has 1 amide bonds. The maximum absolute atomic E-state index is 12.4. The molecule has 0 saturated heterocycles. The van der Waals surface area contributed by atoms with Crippen LogP contribution in [0.5, 0.6) is 11.5 Å². The number of rotatable bonds is 11. The highest BCUT2D eigenvalue weighted by molar-refractivity contribution is 7.90. The van der Waals surface area contributed by atoms with Crippen molar-refractivity contribution in [3.05, 3.63) is 64.7 Å². The van der Waals surface area contributed by atoms with Gasteiger partial charge < -0.3 is 20.1 Å². The van der Waals surface area contributed by atoms with Crippen molar-refractivity contribution >= 4 is 27.1 Å². The molecule has 166 valence electrons. The molecule has 2 rings (SSSR count). The third kappa shape index (κ3) is 6.44. The number of hydrogen-bond donors (Lipinski definition) is 2. The number of amides is 1. The number of benzene rings is 2. The summed E-state index contributed by atoms with van der Waals surface area (Å²) in [7, 11) is -2.11. The lowest BCUT2D eigenvalue weighted by molar-refractivity contribution is -0.384. The zero-order valence-electron chi connectivity index (χ0n) is 17.1. The Bertz CT molecular complexity index is 1080. The lowest BCUT2D eigenvalue weighted by Crippen LogP contribution is -2.28. The van der Waals surface area contributed by atoms with E-state index < -0.39 is 14.8 Å². The average Bonchev–Trinajstić information content (AvgIpc) is 2.74. The number of nitrogens with zero attached hydrogens (tertiary/aromatic N) is 1. The molecule has 2 aromatic carbocycles. The SMILES string of the molecule is C=CCOc1ccc(C(=O)NCCNc2ccc(S(C)(=O)=O)cc2[N+](=O)[O-])cc1OC. The van der Waals surface area contributed by atoms with Gasteiger partial charge in [0.05, 0.1) is 16.9 Å². The lowest BCUT2D eigenvalue weighted by atomic mass is 10.2. The van der Waals surface area contributed by atoms with Crippen LogP contribution in [0.3, 0.4) is 0 Å². The largest absolute Gasteiger partial charge is 0.493 e. The van der Waals surface area contributed by atoms with Gasteiger partial charge in [0.25, 0.3) is 11.6 Å². The summed E-state index contributed by atoms with van der Waals surface area (Å²) in [6, 6.07) is 8.34. The molecule has 10 nitrogen and oxygen atoms in total. The van der Waals surface area contributed by atoms with Crippen molar-refractivity contribution < 1.29 is 27.6 Å². The Balaban J connectivity index is 1.99. The van der Waals surface area contributed by atoms with Crippen LogP contribution in [-0.4, -0.2) is 52.3 Å². The number of carbonyl (C=O) groups is 1. The molecule has 31 heavy (non-hydrogen) atoms. The number of hydrogen-bond acceptors (Lipinski definition) is 8. The van der Waals surface area contributed by atoms with Crippen molar-refractivity contribution in [1.82, 2.24) is 5.32 Å². The van der Waals surface area contributed by atoms with Gasteiger partial charge in [-0.05, 0) is 30.3 Å². The highest BCUT2D eigenvalue weighted by Crippen LogP contribution is 2.28. The molecule has 11 heteroatoms. The van der Waals surface area contributed by atoms with Gasteiger partial charge in [-0.3, -0.25) is 14.9 Å². The van der Waals surface area contributed by atoms with Gasteiger partial charge in [-0.1, -0.05) is 12.7 Å². The number of nitro benzene ring substituents is 1. The Morgan fingerprint density at radius 3 is 2.55 bits per heavy atom. The molecule has 0 unspecified atom stereocenters. The van der Waals surface area contributed by atoms with Gasteiger partial charge in [0.2, 0.25) is 0 Å². The van der Waals surface area contributed by atoms with Gasteiger partial charge in [0, 0.05) is 31.0 Å². The van der Waals surface area contributed by atoms with E-state index in [1.807, 2.05) is 0 Å². The average molecular weight is 449 g/mol. The summed E-state index contributed by atoms with van der Waals surface area (Å²) in [5, 5.41) is 16.8. The molecule has 0 atom stereocenters. The Hall–Kier alpha value is -3.60. The van der Waals surface area contributed by atoms with Crippen LogP contribution in [0.15, 0.2) is 53.9 Å². The Labute approximate surface area is 179 Å². The normalized spacial score (nSPS) is 10.8. The molecule has 0 aliphatic heterocycles. The Kier molecular flexibility index (Phi) is 7.97. The molecule has 0 aromatic heterocycles. The van der Waals surface area contributed by atoms with Crippen molar-refractivity contribution in [3.8, 4) is 11.5 Å². The van der Waals surface area contributed by atoms with E-state index in [0.717, 1.165) is 12.3 Å². The van der Waals surface area contributed by atoms with E-state index in [-0.39, 0.29) is 35.3 Å². The van der Waals surface area contributed by atoms with Crippen LogP contribution in [0.4, 0.5) is 11.4 Å². The second-order valence-electron chi connectivity index (χ2n) is 6.36. The van der Waals surface area contributed by atoms with Gasteiger partial charge in [-0.15, -0.1) is 0 Å². The van der Waals surface area contributed by atoms with E-state index >= 15 is 0 Å². The maximum Gasteiger partial charge on any atom is 0.293 e. The molecule has 0 bridgehead atoms. The molecule has 2 aromatic rings. The summed E-state index contributed by atoms with van der Waals surface area (Å²) in [4.78, 5) is 22.8. The molecule has 0 spiro atoms. The minimum Gasteiger partial charge on any atom is -0.493 e. The summed E-state index contributed by atoms with van der Waals surface area (Å²) in [6.45, 7) is 4.22. The number of carbonyl (C=O) groups excluding carboxylic acids is 1. The number of methoxy groups -OCH3 is 1. The summed E-state index contributed by atoms with van der Waals surface area (Å²) in [6.07, 6.45) is 2.56. The van der Waals surface area contributed by atoms with E-state index in [1.54, 1.807) is 18.2 Å². The molecule has 0 saturated carbocycles. The number of sulfone groups is 1. The first-order valence-corrected chi connectivity index (χ1v) is 11.0. The van der Waals surface area contributed by atoms with E-state index in [4.69, 9.17) is 9.47 Å². The number of anilines is 1. The van der Waals surface area contributed by atoms with Gasteiger partial charge in [0.1, 0.15) is 12.3 Å². The summed E-state index contributed by atoms with van der Waals surface area (Å²) in [5.74, 6) is 0.511. The number of nitro groups is 1. The molecule has 2 N–H and O–H groups in total. The molecular weight excluding hydrogens is 426 g/mol. The third-order valence-corrected chi connectivity index (χ3v) is 5.21. The predicted octanol–water partition coefficient (Wildman–Crippen LogP) is 2.41. The van der Waals surface area contributed by atoms with Gasteiger partial charge in [-0.2, -0.15) is 0 Å². The van der Waals surface area contributed by atoms with Crippen molar-refractivity contribution in [2.45, 2.75) is 4.90 Å². The lowest BCUT2D eigenvalue weighted by Gasteiger charge is -2.12. The van der Waals surface area contributed by atoms with Crippen molar-refractivity contribution in [3.63, 3.8) is 0 Å². The summed E-state index contributed by atoms with van der Waals surface area (Å²) >= 11 is 0. The monoisotopic (exact) mass is 449 g/mol. The van der Waals surface area contributed by atoms with Crippen LogP contribution in [0.25, 0.3) is 0 Å². The van der Waals surface area contributed by atoms with Crippen LogP contribution in [0.1, 0.15) is 10.4 Å². The summed E-state index contributed by atoms with van der Waals surface area (Å²) < 4.78 is 33.9. The van der Waals surface area contributed by atoms with Crippen LogP contribution in [-0.2, 0) is 9.84 Å². The zero-order chi connectivity index (χ0) is 23.0. The van der Waals surface area contributed by atoms with Gasteiger partial charge in [-0.25, -0.2) is 8.42 Å². The quantitative estimate of drug-likeness (QED) is 0.231. The fourth-order valence-electron chi connectivity index (χ4n) is 2.59. The van der Waals surface area contributed by atoms with Crippen LogP contribution in [0.2, 0.25) is 0 Å². The first-order valence-electron chi connectivity index (χ1n) is 9.09. The molecular formula is C20H23N3O7S. The Morgan fingerprint density at radius 2 is 1.94 bits per heavy atom. The van der Waals surface area contributed by atoms with E-state index in [2.05, 4.69) is 17.2 Å². The Morgan fingerprint density at radius 1 is 1.19 bits per heavy atom. The van der Waals surface area contributed by atoms with Crippen LogP contribution >= 0.6 is 0 Å². The fourth-order valence-corrected chi connectivity index (χ4v) is 3.24. The second-order valence-corrected chi connectivity index (χ2v) is 8.37. The van der Waals surface area contributed by atoms with E-state index in [0.29, 0.717) is 23.7 Å². The van der Waals surface area contributed by atoms with Gasteiger partial charge >= 0.3 is 0 Å². The third-order valence-electron chi connectivity index (χ3n) is 4.10. The standard InChI is InChI=1S/C20H23N3O7S/c1-4-11-30-18-8-5-14(12-19(18)29-2)20(24)22-10-9-21-16-7-6-15(31(3,27)28)13-17(16)23(25)26/h4-8,12-13,21H,1,9-11H2,2-3H3,(H,22,24). The highest BCUT2D eigenvalue weighted by atomic mass is 32.2. The zero-order valence-corrected chi connectivity index (χ0v) is 17.9. The van der Waals surface area contributed by atoms with Crippen molar-refractivity contribution in [1.29, 1.82) is 0 Å². The fraction of sp³-hybridized carbons (Fsp3) is 0.250. The van der Waals surface area contributed by atoms with Crippen LogP contribution in [0, 0.1) is 10.1 Å². The molecule has 0 heterocycles. The summed E-state index contributed by atoms with van der Waals surface area (Å²) in [5.41, 5.74) is 0.137. The second kappa shape index (κ2) is 10.4. The minimum atomic E-state index is -3.57. The first kappa shape index (κ1) is 23.7. The van der Waals surface area contributed by atoms with Crippen LogP contribution < -0.4 is 20.1 Å². The van der Waals surface area contributed by atoms with Crippen molar-refractivity contribution in [2.75, 3.05) is 38.4 Å². The maximum atomic E-state index is 12.4. The van der Waals surface area contributed by atoms with E-state index in [1.165, 1.54) is 25.3 Å². The molecule has 0 aliphatic carbocycles. The topological polar surface area (TPSA) is 137 Å². The first-order chi connectivity index (χ1) is 14.7. The smallest absolute Gasteiger partial charge is 0.293 e. The predicted molar refractivity (Wildman–Crippen MR) is 116 cm³/mol. The van der Waals surface area contributed by atoms with Crippen molar-refractivity contribution in [2.24, 2.45) is 0 Å². The minimum absolute atomic E-state index is 0.146. The molecule has 0 aliphatic rings. The number of nitrogens with one attached hydrogen (secondary N) is 2.